The van der Waals surface area contributed by atoms with E-state index in [0.717, 1.165) is 13.1 Å². The van der Waals surface area contributed by atoms with E-state index in [2.05, 4.69) is 37.7 Å². The SMILES string of the molecule is CCN(CC(O)CN)C(C)CN(C)C. The highest BCUT2D eigenvalue weighted by molar-refractivity contribution is 4.72. The van der Waals surface area contributed by atoms with Crippen molar-refractivity contribution in [3.05, 3.63) is 0 Å². The van der Waals surface area contributed by atoms with E-state index in [4.69, 9.17) is 5.73 Å². The van der Waals surface area contributed by atoms with Crippen LogP contribution >= 0.6 is 0 Å². The lowest BCUT2D eigenvalue weighted by molar-refractivity contribution is 0.0907. The topological polar surface area (TPSA) is 52.7 Å². The van der Waals surface area contributed by atoms with Crippen molar-refractivity contribution in [1.82, 2.24) is 9.80 Å². The van der Waals surface area contributed by atoms with Crippen LogP contribution in [0.2, 0.25) is 0 Å². The van der Waals surface area contributed by atoms with Crippen LogP contribution in [0.15, 0.2) is 0 Å². The Balaban J connectivity index is 3.98. The van der Waals surface area contributed by atoms with Gasteiger partial charge in [-0.05, 0) is 27.6 Å². The number of nitrogens with two attached hydrogens (primary N) is 1. The summed E-state index contributed by atoms with van der Waals surface area (Å²) < 4.78 is 0. The first-order valence-electron chi connectivity index (χ1n) is 5.28. The Hall–Kier alpha value is -0.160. The van der Waals surface area contributed by atoms with Crippen molar-refractivity contribution in [1.29, 1.82) is 0 Å². The molecule has 0 heterocycles. The fourth-order valence-corrected chi connectivity index (χ4v) is 1.61. The zero-order valence-electron chi connectivity index (χ0n) is 9.90. The molecule has 4 nitrogen and oxygen atoms in total. The van der Waals surface area contributed by atoms with E-state index in [-0.39, 0.29) is 0 Å². The first-order chi connectivity index (χ1) is 6.51. The van der Waals surface area contributed by atoms with Crippen molar-refractivity contribution in [2.75, 3.05) is 40.3 Å². The third kappa shape index (κ3) is 5.54. The second kappa shape index (κ2) is 7.17. The van der Waals surface area contributed by atoms with E-state index in [1.165, 1.54) is 0 Å². The first-order valence-corrected chi connectivity index (χ1v) is 5.28. The van der Waals surface area contributed by atoms with Crippen LogP contribution in [-0.4, -0.2) is 67.3 Å². The number of hydrogen-bond acceptors (Lipinski definition) is 4. The number of aliphatic hydroxyl groups is 1. The monoisotopic (exact) mass is 203 g/mol. The van der Waals surface area contributed by atoms with Gasteiger partial charge in [-0.1, -0.05) is 6.92 Å². The van der Waals surface area contributed by atoms with Crippen molar-refractivity contribution in [2.45, 2.75) is 26.0 Å². The summed E-state index contributed by atoms with van der Waals surface area (Å²) in [5.41, 5.74) is 5.39. The lowest BCUT2D eigenvalue weighted by Gasteiger charge is -2.31. The van der Waals surface area contributed by atoms with Crippen molar-refractivity contribution in [3.63, 3.8) is 0 Å². The zero-order valence-corrected chi connectivity index (χ0v) is 9.90. The standard InChI is InChI=1S/C10H25N3O/c1-5-13(8-10(14)6-11)9(2)7-12(3)4/h9-10,14H,5-8,11H2,1-4H3. The maximum absolute atomic E-state index is 9.46. The molecule has 0 aliphatic rings. The van der Waals surface area contributed by atoms with E-state index >= 15 is 0 Å². The molecule has 2 atom stereocenters. The van der Waals surface area contributed by atoms with Crippen molar-refractivity contribution >= 4 is 0 Å². The maximum atomic E-state index is 9.46. The molecule has 0 rings (SSSR count). The Morgan fingerprint density at radius 3 is 2.21 bits per heavy atom. The van der Waals surface area contributed by atoms with Gasteiger partial charge < -0.3 is 15.7 Å². The molecule has 0 bridgehead atoms. The van der Waals surface area contributed by atoms with E-state index in [9.17, 15) is 5.11 Å². The molecule has 4 heteroatoms. The van der Waals surface area contributed by atoms with Gasteiger partial charge in [0.15, 0.2) is 0 Å². The predicted molar refractivity (Wildman–Crippen MR) is 60.3 cm³/mol. The molecule has 0 radical (unpaired) electrons. The Morgan fingerprint density at radius 2 is 1.86 bits per heavy atom. The molecule has 0 fully saturated rings. The highest BCUT2D eigenvalue weighted by Crippen LogP contribution is 2.01. The molecule has 0 aliphatic heterocycles. The summed E-state index contributed by atoms with van der Waals surface area (Å²) in [6, 6.07) is 0.455. The van der Waals surface area contributed by atoms with Crippen LogP contribution in [0.5, 0.6) is 0 Å². The lowest BCUT2D eigenvalue weighted by atomic mass is 10.2. The highest BCUT2D eigenvalue weighted by atomic mass is 16.3. The van der Waals surface area contributed by atoms with E-state index < -0.39 is 6.10 Å². The van der Waals surface area contributed by atoms with E-state index in [0.29, 0.717) is 19.1 Å². The van der Waals surface area contributed by atoms with Crippen LogP contribution in [-0.2, 0) is 0 Å². The average Bonchev–Trinajstić information content (AvgIpc) is 2.12. The molecule has 0 saturated heterocycles. The Labute approximate surface area is 87.7 Å². The molecule has 0 spiro atoms. The van der Waals surface area contributed by atoms with Gasteiger partial charge in [0.2, 0.25) is 0 Å². The largest absolute Gasteiger partial charge is 0.390 e. The van der Waals surface area contributed by atoms with Gasteiger partial charge in [0.05, 0.1) is 6.10 Å². The summed E-state index contributed by atoms with van der Waals surface area (Å²) in [5, 5.41) is 9.46. The van der Waals surface area contributed by atoms with Crippen molar-refractivity contribution in [3.8, 4) is 0 Å². The number of aliphatic hydroxyl groups excluding tert-OH is 1. The maximum Gasteiger partial charge on any atom is 0.0789 e. The molecule has 0 amide bonds. The Bertz CT molecular complexity index is 141. The molecule has 0 aromatic heterocycles. The molecule has 2 unspecified atom stereocenters. The molecular formula is C10H25N3O. The minimum absolute atomic E-state index is 0.338. The van der Waals surface area contributed by atoms with Crippen molar-refractivity contribution < 1.29 is 5.11 Å². The van der Waals surface area contributed by atoms with Crippen LogP contribution in [0.3, 0.4) is 0 Å². The van der Waals surface area contributed by atoms with E-state index in [1.807, 2.05) is 0 Å². The van der Waals surface area contributed by atoms with Gasteiger partial charge in [-0.25, -0.2) is 0 Å². The Kier molecular flexibility index (Phi) is 7.09. The first kappa shape index (κ1) is 13.8. The van der Waals surface area contributed by atoms with Crippen LogP contribution in [0, 0.1) is 0 Å². The molecule has 86 valence electrons. The van der Waals surface area contributed by atoms with Gasteiger partial charge in [-0.15, -0.1) is 0 Å². The van der Waals surface area contributed by atoms with Gasteiger partial charge in [0.25, 0.3) is 0 Å². The van der Waals surface area contributed by atoms with Gasteiger partial charge in [0.1, 0.15) is 0 Å². The molecule has 0 aliphatic carbocycles. The van der Waals surface area contributed by atoms with E-state index in [1.54, 1.807) is 0 Å². The quantitative estimate of drug-likeness (QED) is 0.590. The molecule has 0 saturated carbocycles. The molecule has 0 aromatic rings. The second-order valence-electron chi connectivity index (χ2n) is 4.09. The molecular weight excluding hydrogens is 178 g/mol. The summed E-state index contributed by atoms with van der Waals surface area (Å²) >= 11 is 0. The number of nitrogens with zero attached hydrogens (tertiary/aromatic N) is 2. The minimum atomic E-state index is -0.403. The fraction of sp³-hybridized carbons (Fsp3) is 1.00. The lowest BCUT2D eigenvalue weighted by Crippen LogP contribution is -2.45. The average molecular weight is 203 g/mol. The highest BCUT2D eigenvalue weighted by Gasteiger charge is 2.15. The van der Waals surface area contributed by atoms with Crippen molar-refractivity contribution in [2.24, 2.45) is 5.73 Å². The molecule has 0 aromatic carbocycles. The van der Waals surface area contributed by atoms with Gasteiger partial charge >= 0.3 is 0 Å². The van der Waals surface area contributed by atoms with Crippen LogP contribution < -0.4 is 5.73 Å². The van der Waals surface area contributed by atoms with Gasteiger partial charge in [-0.3, -0.25) is 4.90 Å². The van der Waals surface area contributed by atoms with Gasteiger partial charge in [-0.2, -0.15) is 0 Å². The number of likely N-dealkylation sites (N-methyl/N-ethyl adjacent to an activating group) is 2. The third-order valence-electron chi connectivity index (χ3n) is 2.38. The zero-order chi connectivity index (χ0) is 11.1. The van der Waals surface area contributed by atoms with Crippen LogP contribution in [0.1, 0.15) is 13.8 Å². The summed E-state index contributed by atoms with van der Waals surface area (Å²) in [6.45, 7) is 7.24. The van der Waals surface area contributed by atoms with Crippen LogP contribution in [0.4, 0.5) is 0 Å². The summed E-state index contributed by atoms with van der Waals surface area (Å²) in [5.74, 6) is 0. The summed E-state index contributed by atoms with van der Waals surface area (Å²) in [4.78, 5) is 4.40. The smallest absolute Gasteiger partial charge is 0.0789 e. The second-order valence-corrected chi connectivity index (χ2v) is 4.09. The number of rotatable bonds is 7. The van der Waals surface area contributed by atoms with Gasteiger partial charge in [0, 0.05) is 25.7 Å². The summed E-state index contributed by atoms with van der Waals surface area (Å²) in [6.07, 6.45) is -0.403. The predicted octanol–water partition coefficient (Wildman–Crippen LogP) is -0.422. The summed E-state index contributed by atoms with van der Waals surface area (Å²) in [7, 11) is 4.12. The number of hydrogen-bond donors (Lipinski definition) is 2. The molecule has 14 heavy (non-hydrogen) atoms. The fourth-order valence-electron chi connectivity index (χ4n) is 1.61. The minimum Gasteiger partial charge on any atom is -0.390 e. The Morgan fingerprint density at radius 1 is 1.29 bits per heavy atom. The third-order valence-corrected chi connectivity index (χ3v) is 2.38. The van der Waals surface area contributed by atoms with Crippen LogP contribution in [0.25, 0.3) is 0 Å². The normalized spacial score (nSPS) is 16.3. The molecule has 3 N–H and O–H groups in total.